The van der Waals surface area contributed by atoms with E-state index in [9.17, 15) is 4.79 Å². The lowest BCUT2D eigenvalue weighted by Gasteiger charge is -2.16. The molecule has 136 valence electrons. The van der Waals surface area contributed by atoms with E-state index < -0.39 is 0 Å². The molecule has 0 radical (unpaired) electrons. The summed E-state index contributed by atoms with van der Waals surface area (Å²) in [5.74, 6) is 0.545. The second-order valence-corrected chi connectivity index (χ2v) is 7.24. The first-order chi connectivity index (χ1) is 12.4. The maximum Gasteiger partial charge on any atom is 0.256 e. The van der Waals surface area contributed by atoms with Crippen molar-refractivity contribution in [3.8, 4) is 0 Å². The molecule has 0 aliphatic rings. The van der Waals surface area contributed by atoms with Crippen molar-refractivity contribution in [1.29, 1.82) is 0 Å². The third-order valence-electron chi connectivity index (χ3n) is 4.04. The molecular weight excluding hydrogens is 348 g/mol. The Morgan fingerprint density at radius 1 is 1.27 bits per heavy atom. The molecule has 26 heavy (non-hydrogen) atoms. The van der Waals surface area contributed by atoms with Crippen LogP contribution in [0.25, 0.3) is 0 Å². The highest BCUT2D eigenvalue weighted by Crippen LogP contribution is 2.15. The number of nitrogens with zero attached hydrogens (tertiary/aromatic N) is 5. The third-order valence-corrected chi connectivity index (χ3v) is 4.85. The van der Waals surface area contributed by atoms with Crippen LogP contribution in [0.2, 0.25) is 0 Å². The number of carbonyl (C=O) groups is 1. The third kappa shape index (κ3) is 4.33. The van der Waals surface area contributed by atoms with Crippen LogP contribution in [0.4, 0.5) is 5.82 Å². The number of carbonyl (C=O) groups excluding carboxylic acids is 1. The first kappa shape index (κ1) is 18.2. The van der Waals surface area contributed by atoms with Crippen molar-refractivity contribution in [2.75, 3.05) is 12.4 Å². The van der Waals surface area contributed by atoms with Gasteiger partial charge in [-0.15, -0.1) is 5.10 Å². The van der Waals surface area contributed by atoms with Crippen LogP contribution >= 0.6 is 11.5 Å². The number of benzene rings is 1. The molecule has 2 heterocycles. The van der Waals surface area contributed by atoms with Gasteiger partial charge in [0, 0.05) is 31.8 Å². The van der Waals surface area contributed by atoms with E-state index in [1.807, 2.05) is 58.3 Å². The molecule has 3 aromatic rings. The van der Waals surface area contributed by atoms with Crippen molar-refractivity contribution in [2.45, 2.75) is 26.9 Å². The number of hydrogen-bond donors (Lipinski definition) is 1. The van der Waals surface area contributed by atoms with Gasteiger partial charge in [0.15, 0.2) is 0 Å². The van der Waals surface area contributed by atoms with Gasteiger partial charge in [0.2, 0.25) is 0 Å². The van der Waals surface area contributed by atoms with Crippen molar-refractivity contribution in [3.05, 3.63) is 57.7 Å². The molecular formula is C18H22N6OS. The molecule has 0 bridgehead atoms. The predicted molar refractivity (Wildman–Crippen MR) is 102 cm³/mol. The van der Waals surface area contributed by atoms with Crippen LogP contribution in [0.1, 0.15) is 32.2 Å². The molecule has 0 saturated carbocycles. The standard InChI is InChI=1S/C18H22N6OS/c1-12-8-17(24(4)21-12)19-18(25)15-7-5-6-14(9-15)10-23(3)11-16-13(2)20-22-26-16/h5-9H,10-11H2,1-4H3,(H,19,25). The number of aromatic nitrogens is 4. The summed E-state index contributed by atoms with van der Waals surface area (Å²) in [4.78, 5) is 15.9. The molecule has 0 atom stereocenters. The van der Waals surface area contributed by atoms with Gasteiger partial charge in [-0.2, -0.15) is 5.10 Å². The van der Waals surface area contributed by atoms with Crippen LogP contribution in [-0.4, -0.2) is 37.2 Å². The molecule has 1 aromatic carbocycles. The zero-order valence-corrected chi connectivity index (χ0v) is 16.2. The van der Waals surface area contributed by atoms with Gasteiger partial charge in [-0.05, 0) is 50.1 Å². The first-order valence-corrected chi connectivity index (χ1v) is 9.07. The molecule has 0 spiro atoms. The number of rotatable bonds is 6. The van der Waals surface area contributed by atoms with Gasteiger partial charge in [0.05, 0.1) is 16.3 Å². The van der Waals surface area contributed by atoms with E-state index in [0.29, 0.717) is 11.4 Å². The first-order valence-electron chi connectivity index (χ1n) is 8.29. The molecule has 0 aliphatic heterocycles. The Labute approximate surface area is 156 Å². The maximum atomic E-state index is 12.5. The number of aryl methyl sites for hydroxylation is 3. The van der Waals surface area contributed by atoms with Gasteiger partial charge in [-0.25, -0.2) is 0 Å². The van der Waals surface area contributed by atoms with Gasteiger partial charge in [0.1, 0.15) is 5.82 Å². The van der Waals surface area contributed by atoms with E-state index in [-0.39, 0.29) is 5.91 Å². The van der Waals surface area contributed by atoms with Crippen molar-refractivity contribution in [2.24, 2.45) is 7.05 Å². The largest absolute Gasteiger partial charge is 0.307 e. The summed E-state index contributed by atoms with van der Waals surface area (Å²) in [5.41, 5.74) is 3.55. The summed E-state index contributed by atoms with van der Waals surface area (Å²) in [7, 11) is 3.86. The molecule has 0 aliphatic carbocycles. The topological polar surface area (TPSA) is 75.9 Å². The van der Waals surface area contributed by atoms with Gasteiger partial charge >= 0.3 is 0 Å². The summed E-state index contributed by atoms with van der Waals surface area (Å²) in [6.07, 6.45) is 0. The van der Waals surface area contributed by atoms with E-state index in [1.54, 1.807) is 4.68 Å². The molecule has 7 nitrogen and oxygen atoms in total. The SMILES string of the molecule is Cc1cc(NC(=O)c2cccc(CN(C)Cc3snnc3C)c2)n(C)n1. The molecule has 0 unspecified atom stereocenters. The minimum atomic E-state index is -0.139. The second-order valence-electron chi connectivity index (χ2n) is 6.40. The Morgan fingerprint density at radius 2 is 2.08 bits per heavy atom. The summed E-state index contributed by atoms with van der Waals surface area (Å²) in [6, 6.07) is 9.53. The minimum Gasteiger partial charge on any atom is -0.307 e. The van der Waals surface area contributed by atoms with Crippen molar-refractivity contribution < 1.29 is 4.79 Å². The molecule has 0 saturated heterocycles. The molecule has 8 heteroatoms. The van der Waals surface area contributed by atoms with E-state index in [1.165, 1.54) is 11.5 Å². The fourth-order valence-electron chi connectivity index (χ4n) is 2.74. The lowest BCUT2D eigenvalue weighted by molar-refractivity contribution is 0.102. The van der Waals surface area contributed by atoms with E-state index in [0.717, 1.165) is 34.9 Å². The fraction of sp³-hybridized carbons (Fsp3) is 0.333. The Kier molecular flexibility index (Phi) is 5.43. The Balaban J connectivity index is 1.66. The van der Waals surface area contributed by atoms with Crippen LogP contribution in [0.5, 0.6) is 0 Å². The summed E-state index contributed by atoms with van der Waals surface area (Å²) < 4.78 is 5.64. The lowest BCUT2D eigenvalue weighted by Crippen LogP contribution is -2.18. The van der Waals surface area contributed by atoms with Gasteiger partial charge in [-0.1, -0.05) is 16.6 Å². The van der Waals surface area contributed by atoms with Crippen LogP contribution in [0.15, 0.2) is 30.3 Å². The molecule has 2 aromatic heterocycles. The number of hydrogen-bond acceptors (Lipinski definition) is 6. The Hall–Kier alpha value is -2.58. The predicted octanol–water partition coefficient (Wildman–Crippen LogP) is 2.77. The van der Waals surface area contributed by atoms with E-state index in [2.05, 4.69) is 24.9 Å². The Morgan fingerprint density at radius 3 is 2.73 bits per heavy atom. The number of amides is 1. The number of nitrogens with one attached hydrogen (secondary N) is 1. The highest BCUT2D eigenvalue weighted by Gasteiger charge is 2.12. The maximum absolute atomic E-state index is 12.5. The molecule has 1 amide bonds. The van der Waals surface area contributed by atoms with Gasteiger partial charge in [0.25, 0.3) is 5.91 Å². The molecule has 1 N–H and O–H groups in total. The second kappa shape index (κ2) is 7.76. The monoisotopic (exact) mass is 370 g/mol. The van der Waals surface area contributed by atoms with Crippen LogP contribution in [-0.2, 0) is 20.1 Å². The zero-order chi connectivity index (χ0) is 18.7. The van der Waals surface area contributed by atoms with Crippen LogP contribution in [0, 0.1) is 13.8 Å². The molecule has 3 rings (SSSR count). The fourth-order valence-corrected chi connectivity index (χ4v) is 3.45. The highest BCUT2D eigenvalue weighted by atomic mass is 32.1. The van der Waals surface area contributed by atoms with Crippen molar-refractivity contribution in [3.63, 3.8) is 0 Å². The quantitative estimate of drug-likeness (QED) is 0.722. The van der Waals surface area contributed by atoms with E-state index in [4.69, 9.17) is 0 Å². The van der Waals surface area contributed by atoms with Crippen LogP contribution in [0.3, 0.4) is 0 Å². The smallest absolute Gasteiger partial charge is 0.256 e. The summed E-state index contributed by atoms with van der Waals surface area (Å²) in [6.45, 7) is 5.39. The lowest BCUT2D eigenvalue weighted by atomic mass is 10.1. The molecule has 0 fully saturated rings. The Bertz CT molecular complexity index is 916. The summed E-state index contributed by atoms with van der Waals surface area (Å²) in [5, 5.41) is 11.2. The van der Waals surface area contributed by atoms with Gasteiger partial charge < -0.3 is 5.32 Å². The number of anilines is 1. The normalized spacial score (nSPS) is 11.1. The van der Waals surface area contributed by atoms with Crippen LogP contribution < -0.4 is 5.32 Å². The zero-order valence-electron chi connectivity index (χ0n) is 15.4. The van der Waals surface area contributed by atoms with E-state index >= 15 is 0 Å². The van der Waals surface area contributed by atoms with Gasteiger partial charge in [-0.3, -0.25) is 14.4 Å². The van der Waals surface area contributed by atoms with Crippen molar-refractivity contribution >= 4 is 23.3 Å². The summed E-state index contributed by atoms with van der Waals surface area (Å²) >= 11 is 1.43. The average molecular weight is 370 g/mol. The average Bonchev–Trinajstić information content (AvgIpc) is 3.12. The van der Waals surface area contributed by atoms with Crippen molar-refractivity contribution in [1.82, 2.24) is 24.3 Å². The highest BCUT2D eigenvalue weighted by molar-refractivity contribution is 7.05. The minimum absolute atomic E-state index is 0.139.